The van der Waals surface area contributed by atoms with Crippen molar-refractivity contribution in [2.75, 3.05) is 6.61 Å². The van der Waals surface area contributed by atoms with Gasteiger partial charge < -0.3 is 9.53 Å². The van der Waals surface area contributed by atoms with Gasteiger partial charge in [-0.3, -0.25) is 0 Å². The summed E-state index contributed by atoms with van der Waals surface area (Å²) >= 11 is 0. The van der Waals surface area contributed by atoms with E-state index in [1.165, 1.54) is 36.8 Å². The van der Waals surface area contributed by atoms with Crippen LogP contribution in [0.15, 0.2) is 18.2 Å². The van der Waals surface area contributed by atoms with E-state index in [1.54, 1.807) is 0 Å². The molecule has 0 fully saturated rings. The van der Waals surface area contributed by atoms with Crippen molar-refractivity contribution in [3.8, 4) is 5.75 Å². The molecule has 1 aliphatic carbocycles. The molecule has 24 heavy (non-hydrogen) atoms. The molecule has 3 heteroatoms. The Morgan fingerprint density at radius 3 is 2.50 bits per heavy atom. The predicted octanol–water partition coefficient (Wildman–Crippen LogP) is 5.83. The molecule has 0 saturated carbocycles. The van der Waals surface area contributed by atoms with Crippen LogP contribution in [0.4, 0.5) is 0 Å². The normalized spacial score (nSPS) is 22.5. The van der Waals surface area contributed by atoms with E-state index < -0.39 is 8.32 Å². The SMILES string of the molecule is CC1(CCO)CCCCCc2cc(O[Si](C)(C)C(C)(C)C)ccc21. The van der Waals surface area contributed by atoms with Gasteiger partial charge in [-0.1, -0.05) is 46.6 Å². The quantitative estimate of drug-likeness (QED) is 0.694. The van der Waals surface area contributed by atoms with Gasteiger partial charge in [0.05, 0.1) is 0 Å². The van der Waals surface area contributed by atoms with Crippen molar-refractivity contribution in [1.29, 1.82) is 0 Å². The maximum absolute atomic E-state index is 9.55. The van der Waals surface area contributed by atoms with Gasteiger partial charge >= 0.3 is 0 Å². The van der Waals surface area contributed by atoms with E-state index in [1.807, 2.05) is 0 Å². The molecule has 1 unspecified atom stereocenters. The lowest BCUT2D eigenvalue weighted by molar-refractivity contribution is 0.233. The molecule has 1 aromatic rings. The second-order valence-corrected chi connectivity index (χ2v) is 14.0. The van der Waals surface area contributed by atoms with Crippen LogP contribution < -0.4 is 4.43 Å². The van der Waals surface area contributed by atoms with Crippen LogP contribution in [0.25, 0.3) is 0 Å². The first kappa shape index (κ1) is 19.5. The first-order valence-corrected chi connectivity index (χ1v) is 12.4. The van der Waals surface area contributed by atoms with E-state index in [9.17, 15) is 5.11 Å². The molecule has 2 nitrogen and oxygen atoms in total. The molecule has 136 valence electrons. The monoisotopic (exact) mass is 348 g/mol. The fraction of sp³-hybridized carbons (Fsp3) is 0.714. The van der Waals surface area contributed by atoms with Gasteiger partial charge in [0.15, 0.2) is 0 Å². The van der Waals surface area contributed by atoms with Crippen LogP contribution in [0.1, 0.15) is 70.9 Å². The smallest absolute Gasteiger partial charge is 0.250 e. The van der Waals surface area contributed by atoms with Gasteiger partial charge in [0.25, 0.3) is 0 Å². The topological polar surface area (TPSA) is 29.5 Å². The lowest BCUT2D eigenvalue weighted by atomic mass is 9.72. The molecular formula is C21H36O2Si. The Morgan fingerprint density at radius 2 is 1.88 bits per heavy atom. The first-order chi connectivity index (χ1) is 11.1. The predicted molar refractivity (Wildman–Crippen MR) is 105 cm³/mol. The number of benzene rings is 1. The number of fused-ring (bicyclic) bond motifs is 1. The van der Waals surface area contributed by atoms with E-state index in [2.05, 4.69) is 59.0 Å². The molecule has 0 aromatic heterocycles. The highest BCUT2D eigenvalue weighted by molar-refractivity contribution is 6.74. The maximum atomic E-state index is 9.55. The molecule has 0 saturated heterocycles. The summed E-state index contributed by atoms with van der Waals surface area (Å²) in [6.07, 6.45) is 6.95. The first-order valence-electron chi connectivity index (χ1n) is 9.52. The summed E-state index contributed by atoms with van der Waals surface area (Å²) in [5, 5.41) is 9.76. The summed E-state index contributed by atoms with van der Waals surface area (Å²) < 4.78 is 6.52. The zero-order valence-corrected chi connectivity index (χ0v) is 17.5. The Morgan fingerprint density at radius 1 is 1.17 bits per heavy atom. The van der Waals surface area contributed by atoms with Crippen LogP contribution in [0.3, 0.4) is 0 Å². The molecule has 1 aromatic carbocycles. The van der Waals surface area contributed by atoms with E-state index in [0.29, 0.717) is 0 Å². The number of hydrogen-bond acceptors (Lipinski definition) is 2. The Kier molecular flexibility index (Phi) is 5.86. The Labute approximate surface area is 149 Å². The van der Waals surface area contributed by atoms with Crippen molar-refractivity contribution in [1.82, 2.24) is 0 Å². The summed E-state index contributed by atoms with van der Waals surface area (Å²) in [5.74, 6) is 1.03. The third kappa shape index (κ3) is 4.23. The van der Waals surface area contributed by atoms with Crippen molar-refractivity contribution in [3.05, 3.63) is 29.3 Å². The van der Waals surface area contributed by atoms with Gasteiger partial charge in [-0.25, -0.2) is 0 Å². The minimum atomic E-state index is -1.80. The minimum Gasteiger partial charge on any atom is -0.543 e. The number of aliphatic hydroxyl groups excluding tert-OH is 1. The molecule has 0 amide bonds. The van der Waals surface area contributed by atoms with Crippen molar-refractivity contribution in [2.45, 2.75) is 89.8 Å². The average Bonchev–Trinajstić information content (AvgIpc) is 2.44. The second kappa shape index (κ2) is 7.21. The Balaban J connectivity index is 2.36. The van der Waals surface area contributed by atoms with Gasteiger partial charge in [-0.05, 0) is 72.5 Å². The van der Waals surface area contributed by atoms with Crippen LogP contribution in [0, 0.1) is 0 Å². The second-order valence-electron chi connectivity index (χ2n) is 9.28. The van der Waals surface area contributed by atoms with Crippen LogP contribution in [-0.4, -0.2) is 20.0 Å². The molecule has 1 aliphatic rings. The number of hydrogen-bond donors (Lipinski definition) is 1. The molecule has 1 N–H and O–H groups in total. The third-order valence-corrected chi connectivity index (χ3v) is 10.6. The van der Waals surface area contributed by atoms with E-state index >= 15 is 0 Å². The molecular weight excluding hydrogens is 312 g/mol. The third-order valence-electron chi connectivity index (χ3n) is 6.24. The fourth-order valence-electron chi connectivity index (χ4n) is 3.53. The highest BCUT2D eigenvalue weighted by atomic mass is 28.4. The van der Waals surface area contributed by atoms with Crippen LogP contribution >= 0.6 is 0 Å². The Bertz CT molecular complexity index is 559. The van der Waals surface area contributed by atoms with Crippen LogP contribution in [0.2, 0.25) is 18.1 Å². The molecule has 1 atom stereocenters. The fourth-order valence-corrected chi connectivity index (χ4v) is 4.55. The number of rotatable bonds is 4. The van der Waals surface area contributed by atoms with Crippen molar-refractivity contribution < 1.29 is 9.53 Å². The minimum absolute atomic E-state index is 0.0972. The van der Waals surface area contributed by atoms with Crippen LogP contribution in [-0.2, 0) is 11.8 Å². The van der Waals surface area contributed by atoms with Gasteiger partial charge in [-0.2, -0.15) is 0 Å². The zero-order chi connectivity index (χ0) is 18.0. The molecule has 0 aliphatic heterocycles. The molecule has 2 rings (SSSR count). The molecule has 0 spiro atoms. The van der Waals surface area contributed by atoms with Gasteiger partial charge in [-0.15, -0.1) is 0 Å². The van der Waals surface area contributed by atoms with Gasteiger partial charge in [0.1, 0.15) is 5.75 Å². The Hall–Kier alpha value is -0.803. The average molecular weight is 349 g/mol. The lowest BCUT2D eigenvalue weighted by Gasteiger charge is -2.37. The van der Waals surface area contributed by atoms with Crippen molar-refractivity contribution in [3.63, 3.8) is 0 Å². The standard InChI is InChI=1S/C21H36O2Si/c1-20(2,3)24(5,6)23-18-11-12-19-17(16-18)10-8-7-9-13-21(19,4)14-15-22/h11-12,16,22H,7-10,13-15H2,1-6H3. The summed E-state index contributed by atoms with van der Waals surface area (Å²) in [7, 11) is -1.80. The molecule has 0 bridgehead atoms. The van der Waals surface area contributed by atoms with E-state index in [0.717, 1.165) is 18.6 Å². The number of aryl methyl sites for hydroxylation is 1. The van der Waals surface area contributed by atoms with E-state index in [4.69, 9.17) is 4.43 Å². The zero-order valence-electron chi connectivity index (χ0n) is 16.5. The lowest BCUT2D eigenvalue weighted by Crippen LogP contribution is -2.43. The van der Waals surface area contributed by atoms with Crippen LogP contribution in [0.5, 0.6) is 5.75 Å². The highest BCUT2D eigenvalue weighted by Crippen LogP contribution is 2.41. The number of aliphatic hydroxyl groups is 1. The summed E-state index contributed by atoms with van der Waals surface area (Å²) in [4.78, 5) is 0. The molecule has 0 heterocycles. The summed E-state index contributed by atoms with van der Waals surface area (Å²) in [5.41, 5.74) is 2.96. The maximum Gasteiger partial charge on any atom is 0.250 e. The van der Waals surface area contributed by atoms with Gasteiger partial charge in [0, 0.05) is 6.61 Å². The van der Waals surface area contributed by atoms with E-state index in [-0.39, 0.29) is 17.1 Å². The van der Waals surface area contributed by atoms with Crippen molar-refractivity contribution in [2.24, 2.45) is 0 Å². The summed E-state index contributed by atoms with van der Waals surface area (Å²) in [6.45, 7) is 14.0. The highest BCUT2D eigenvalue weighted by Gasteiger charge is 2.39. The van der Waals surface area contributed by atoms with Gasteiger partial charge in [0.2, 0.25) is 8.32 Å². The molecule has 0 radical (unpaired) electrons. The van der Waals surface area contributed by atoms with Crippen molar-refractivity contribution >= 4 is 8.32 Å². The summed E-state index contributed by atoms with van der Waals surface area (Å²) in [6, 6.07) is 6.73. The largest absolute Gasteiger partial charge is 0.543 e.